The first-order valence-corrected chi connectivity index (χ1v) is 5.34. The molecule has 3 heteroatoms. The van der Waals surface area contributed by atoms with Gasteiger partial charge in [-0.3, -0.25) is 4.79 Å². The summed E-state index contributed by atoms with van der Waals surface area (Å²) < 4.78 is 5.14. The number of hydrogen-bond donors (Lipinski definition) is 0. The van der Waals surface area contributed by atoms with Crippen molar-refractivity contribution < 1.29 is 9.53 Å². The van der Waals surface area contributed by atoms with Crippen LogP contribution in [-0.2, 0) is 0 Å². The second-order valence-corrected chi connectivity index (χ2v) is 3.68. The maximum atomic E-state index is 11.4. The van der Waals surface area contributed by atoms with E-state index in [1.54, 1.807) is 6.07 Å². The molecule has 3 nitrogen and oxygen atoms in total. The van der Waals surface area contributed by atoms with Gasteiger partial charge in [-0.2, -0.15) is 0 Å². The maximum absolute atomic E-state index is 11.4. The van der Waals surface area contributed by atoms with Gasteiger partial charge in [-0.05, 0) is 19.1 Å². The van der Waals surface area contributed by atoms with Gasteiger partial charge in [0.25, 0.3) is 0 Å². The van der Waals surface area contributed by atoms with Gasteiger partial charge in [-0.1, -0.05) is 30.3 Å². The van der Waals surface area contributed by atoms with Crippen LogP contribution in [0.25, 0.3) is 11.3 Å². The lowest BCUT2D eigenvalue weighted by Gasteiger charge is -2.07. The molecule has 0 fully saturated rings. The smallest absolute Gasteiger partial charge is 0.224 e. The number of nitrogens with zero attached hydrogens (tertiary/aromatic N) is 1. The van der Waals surface area contributed by atoms with Crippen LogP contribution >= 0.6 is 0 Å². The van der Waals surface area contributed by atoms with E-state index in [2.05, 4.69) is 4.98 Å². The molecule has 0 saturated carbocycles. The van der Waals surface area contributed by atoms with Crippen LogP contribution in [0.4, 0.5) is 0 Å². The monoisotopic (exact) mass is 227 g/mol. The van der Waals surface area contributed by atoms with Gasteiger partial charge in [0.15, 0.2) is 5.78 Å². The molecular weight excluding hydrogens is 214 g/mol. The standard InChI is InChI=1S/C14H13NO2/c1-10(16)12-8-9-13(15-14(12)17-2)11-6-4-3-5-7-11/h3-9H,1-2H3. The molecule has 0 amide bonds. The summed E-state index contributed by atoms with van der Waals surface area (Å²) in [6, 6.07) is 13.4. The van der Waals surface area contributed by atoms with Gasteiger partial charge in [-0.15, -0.1) is 0 Å². The van der Waals surface area contributed by atoms with E-state index in [4.69, 9.17) is 4.74 Å². The van der Waals surface area contributed by atoms with Crippen molar-refractivity contribution in [3.63, 3.8) is 0 Å². The van der Waals surface area contributed by atoms with Crippen molar-refractivity contribution in [3.05, 3.63) is 48.0 Å². The summed E-state index contributed by atoms with van der Waals surface area (Å²) in [6.45, 7) is 1.50. The number of Topliss-reactive ketones (excluding diaryl/α,β-unsaturated/α-hetero) is 1. The number of aromatic nitrogens is 1. The van der Waals surface area contributed by atoms with Crippen molar-refractivity contribution >= 4 is 5.78 Å². The van der Waals surface area contributed by atoms with Crippen LogP contribution < -0.4 is 4.74 Å². The van der Waals surface area contributed by atoms with E-state index in [1.165, 1.54) is 14.0 Å². The zero-order valence-electron chi connectivity index (χ0n) is 9.81. The summed E-state index contributed by atoms with van der Waals surface area (Å²) in [5.41, 5.74) is 2.31. The summed E-state index contributed by atoms with van der Waals surface area (Å²) >= 11 is 0. The van der Waals surface area contributed by atoms with E-state index in [0.29, 0.717) is 11.4 Å². The Morgan fingerprint density at radius 1 is 1.12 bits per heavy atom. The molecule has 0 saturated heterocycles. The van der Waals surface area contributed by atoms with E-state index >= 15 is 0 Å². The number of hydrogen-bond acceptors (Lipinski definition) is 3. The highest BCUT2D eigenvalue weighted by molar-refractivity contribution is 5.96. The van der Waals surface area contributed by atoms with Gasteiger partial charge >= 0.3 is 0 Å². The number of ether oxygens (including phenoxy) is 1. The van der Waals surface area contributed by atoms with Gasteiger partial charge in [0.05, 0.1) is 18.4 Å². The van der Waals surface area contributed by atoms with Gasteiger partial charge in [0, 0.05) is 5.56 Å². The molecule has 0 aliphatic rings. The summed E-state index contributed by atoms with van der Waals surface area (Å²) in [7, 11) is 1.52. The van der Waals surface area contributed by atoms with Gasteiger partial charge in [0.2, 0.25) is 5.88 Å². The summed E-state index contributed by atoms with van der Waals surface area (Å²) in [5.74, 6) is 0.327. The Morgan fingerprint density at radius 3 is 2.41 bits per heavy atom. The van der Waals surface area contributed by atoms with Crippen LogP contribution in [0.1, 0.15) is 17.3 Å². The summed E-state index contributed by atoms with van der Waals surface area (Å²) in [5, 5.41) is 0. The minimum atomic E-state index is -0.0473. The average Bonchev–Trinajstić information content (AvgIpc) is 2.39. The zero-order chi connectivity index (χ0) is 12.3. The molecule has 0 aliphatic heterocycles. The molecule has 86 valence electrons. The molecular formula is C14H13NO2. The van der Waals surface area contributed by atoms with Crippen molar-refractivity contribution in [1.29, 1.82) is 0 Å². The van der Waals surface area contributed by atoms with Crippen LogP contribution in [0.2, 0.25) is 0 Å². The highest BCUT2D eigenvalue weighted by Gasteiger charge is 2.10. The lowest BCUT2D eigenvalue weighted by atomic mass is 10.1. The second-order valence-electron chi connectivity index (χ2n) is 3.68. The topological polar surface area (TPSA) is 39.2 Å². The summed E-state index contributed by atoms with van der Waals surface area (Å²) in [4.78, 5) is 15.7. The summed E-state index contributed by atoms with van der Waals surface area (Å²) in [6.07, 6.45) is 0. The lowest BCUT2D eigenvalue weighted by Crippen LogP contribution is -2.00. The Labute approximate surface area is 100 Å². The van der Waals surface area contributed by atoms with Crippen molar-refractivity contribution in [2.24, 2.45) is 0 Å². The van der Waals surface area contributed by atoms with Crippen LogP contribution in [0, 0.1) is 0 Å². The van der Waals surface area contributed by atoms with E-state index in [1.807, 2.05) is 36.4 Å². The number of ketones is 1. The quantitative estimate of drug-likeness (QED) is 0.757. The highest BCUT2D eigenvalue weighted by Crippen LogP contribution is 2.23. The van der Waals surface area contributed by atoms with Crippen molar-refractivity contribution in [2.45, 2.75) is 6.92 Å². The Morgan fingerprint density at radius 2 is 1.82 bits per heavy atom. The second kappa shape index (κ2) is 4.78. The largest absolute Gasteiger partial charge is 0.480 e. The molecule has 1 aromatic carbocycles. The van der Waals surface area contributed by atoms with E-state index < -0.39 is 0 Å². The van der Waals surface area contributed by atoms with Crippen LogP contribution in [0.3, 0.4) is 0 Å². The predicted molar refractivity (Wildman–Crippen MR) is 66.2 cm³/mol. The van der Waals surface area contributed by atoms with Gasteiger partial charge in [-0.25, -0.2) is 4.98 Å². The van der Waals surface area contributed by atoms with E-state index in [9.17, 15) is 4.79 Å². The molecule has 0 aliphatic carbocycles. The molecule has 0 bridgehead atoms. The van der Waals surface area contributed by atoms with Gasteiger partial charge in [0.1, 0.15) is 0 Å². The van der Waals surface area contributed by atoms with Crippen LogP contribution in [0.15, 0.2) is 42.5 Å². The van der Waals surface area contributed by atoms with Crippen LogP contribution in [-0.4, -0.2) is 17.9 Å². The minimum absolute atomic E-state index is 0.0473. The molecule has 0 N–H and O–H groups in total. The number of methoxy groups -OCH3 is 1. The number of benzene rings is 1. The number of pyridine rings is 1. The van der Waals surface area contributed by atoms with Crippen LogP contribution in [0.5, 0.6) is 5.88 Å². The molecule has 0 unspecified atom stereocenters. The third-order valence-corrected chi connectivity index (χ3v) is 2.50. The maximum Gasteiger partial charge on any atom is 0.224 e. The Kier molecular flexibility index (Phi) is 3.19. The molecule has 1 aromatic heterocycles. The van der Waals surface area contributed by atoms with E-state index in [0.717, 1.165) is 11.3 Å². The van der Waals surface area contributed by atoms with Gasteiger partial charge < -0.3 is 4.74 Å². The third kappa shape index (κ3) is 2.33. The normalized spacial score (nSPS) is 10.0. The third-order valence-electron chi connectivity index (χ3n) is 2.50. The molecule has 0 radical (unpaired) electrons. The van der Waals surface area contributed by atoms with Crippen molar-refractivity contribution in [3.8, 4) is 17.1 Å². The fourth-order valence-electron chi connectivity index (χ4n) is 1.63. The minimum Gasteiger partial charge on any atom is -0.480 e. The zero-order valence-corrected chi connectivity index (χ0v) is 9.81. The molecule has 1 heterocycles. The highest BCUT2D eigenvalue weighted by atomic mass is 16.5. The Balaban J connectivity index is 2.49. The first-order chi connectivity index (χ1) is 8.22. The van der Waals surface area contributed by atoms with E-state index in [-0.39, 0.29) is 5.78 Å². The molecule has 2 rings (SSSR count). The molecule has 17 heavy (non-hydrogen) atoms. The fraction of sp³-hybridized carbons (Fsp3) is 0.143. The number of carbonyl (C=O) groups is 1. The lowest BCUT2D eigenvalue weighted by molar-refractivity contribution is 0.101. The number of carbonyl (C=O) groups excluding carboxylic acids is 1. The predicted octanol–water partition coefficient (Wildman–Crippen LogP) is 2.96. The SMILES string of the molecule is COc1nc(-c2ccccc2)ccc1C(C)=O. The fourth-order valence-corrected chi connectivity index (χ4v) is 1.63. The van der Waals surface area contributed by atoms with Crippen molar-refractivity contribution in [2.75, 3.05) is 7.11 Å². The first kappa shape index (κ1) is 11.3. The Hall–Kier alpha value is -2.16. The molecule has 0 spiro atoms. The average molecular weight is 227 g/mol. The van der Waals surface area contributed by atoms with Crippen molar-refractivity contribution in [1.82, 2.24) is 4.98 Å². The number of rotatable bonds is 3. The molecule has 2 aromatic rings. The Bertz CT molecular complexity index is 535. The first-order valence-electron chi connectivity index (χ1n) is 5.34. The molecule has 0 atom stereocenters.